The van der Waals surface area contributed by atoms with E-state index in [1.807, 2.05) is 16.7 Å². The van der Waals surface area contributed by atoms with E-state index >= 15 is 0 Å². The number of nitrogens with zero attached hydrogens (tertiary/aromatic N) is 3. The number of hydrogen-bond acceptors (Lipinski definition) is 4. The fourth-order valence-electron chi connectivity index (χ4n) is 1.87. The van der Waals surface area contributed by atoms with Crippen molar-refractivity contribution in [3.05, 3.63) is 17.0 Å². The molecule has 8 heteroatoms. The highest BCUT2D eigenvalue weighted by atomic mass is 35.5. The molecule has 1 fully saturated rings. The zero-order chi connectivity index (χ0) is 14.0. The van der Waals surface area contributed by atoms with Crippen molar-refractivity contribution in [1.29, 1.82) is 0 Å². The summed E-state index contributed by atoms with van der Waals surface area (Å²) in [4.78, 5) is 8.67. The molecule has 106 valence electrons. The minimum atomic E-state index is -4.58. The fourth-order valence-corrected chi connectivity index (χ4v) is 3.23. The molecular formula is C11H13ClF3N3S. The number of halogens is 4. The smallest absolute Gasteiger partial charge is 0.355 e. The van der Waals surface area contributed by atoms with Crippen LogP contribution in [0.4, 0.5) is 19.0 Å². The molecule has 0 saturated carbocycles. The lowest BCUT2D eigenvalue weighted by Crippen LogP contribution is -2.38. The van der Waals surface area contributed by atoms with Gasteiger partial charge in [0, 0.05) is 30.2 Å². The van der Waals surface area contributed by atoms with E-state index in [2.05, 4.69) is 16.9 Å². The van der Waals surface area contributed by atoms with Crippen LogP contribution in [0, 0.1) is 0 Å². The van der Waals surface area contributed by atoms with Gasteiger partial charge < -0.3 is 4.90 Å². The van der Waals surface area contributed by atoms with Gasteiger partial charge in [0.05, 0.1) is 0 Å². The Kier molecular flexibility index (Phi) is 4.45. The van der Waals surface area contributed by atoms with Crippen molar-refractivity contribution in [2.24, 2.45) is 0 Å². The second kappa shape index (κ2) is 5.75. The molecule has 1 atom stereocenters. The monoisotopic (exact) mass is 311 g/mol. The molecule has 0 bridgehead atoms. The third-order valence-corrected chi connectivity index (χ3v) is 4.42. The molecule has 1 saturated heterocycles. The predicted octanol–water partition coefficient (Wildman–Crippen LogP) is 3.48. The summed E-state index contributed by atoms with van der Waals surface area (Å²) in [6.45, 7) is 3.42. The molecule has 1 aliphatic heterocycles. The standard InChI is InChI=1S/C11H13ClF3N3S/c1-2-7-6-18(3-4-19-7)9-5-8(12)16-10(17-9)11(13,14)15/h5,7H,2-4,6H2,1H3. The Morgan fingerprint density at radius 2 is 2.21 bits per heavy atom. The first-order valence-corrected chi connectivity index (χ1v) is 7.31. The fraction of sp³-hybridized carbons (Fsp3) is 0.636. The molecule has 0 aliphatic carbocycles. The van der Waals surface area contributed by atoms with Gasteiger partial charge in [-0.3, -0.25) is 0 Å². The number of anilines is 1. The summed E-state index contributed by atoms with van der Waals surface area (Å²) in [6.07, 6.45) is -3.60. The van der Waals surface area contributed by atoms with E-state index < -0.39 is 12.0 Å². The Morgan fingerprint density at radius 3 is 2.84 bits per heavy atom. The van der Waals surface area contributed by atoms with Gasteiger partial charge in [0.1, 0.15) is 11.0 Å². The highest BCUT2D eigenvalue weighted by molar-refractivity contribution is 8.00. The summed E-state index contributed by atoms with van der Waals surface area (Å²) >= 11 is 7.50. The molecule has 1 aromatic rings. The molecular weight excluding hydrogens is 299 g/mol. The number of rotatable bonds is 2. The van der Waals surface area contributed by atoms with Crippen LogP contribution in [0.3, 0.4) is 0 Å². The van der Waals surface area contributed by atoms with E-state index in [-0.39, 0.29) is 11.0 Å². The van der Waals surface area contributed by atoms with E-state index in [9.17, 15) is 13.2 Å². The van der Waals surface area contributed by atoms with E-state index in [1.165, 1.54) is 6.07 Å². The highest BCUT2D eigenvalue weighted by Gasteiger charge is 2.36. The van der Waals surface area contributed by atoms with Crippen molar-refractivity contribution < 1.29 is 13.2 Å². The minimum absolute atomic E-state index is 0.177. The van der Waals surface area contributed by atoms with Crippen LogP contribution in [-0.2, 0) is 6.18 Å². The average molecular weight is 312 g/mol. The van der Waals surface area contributed by atoms with Gasteiger partial charge >= 0.3 is 6.18 Å². The molecule has 0 amide bonds. The first kappa shape index (κ1) is 14.7. The van der Waals surface area contributed by atoms with Gasteiger partial charge in [0.15, 0.2) is 0 Å². The molecule has 0 radical (unpaired) electrons. The molecule has 1 aliphatic rings. The van der Waals surface area contributed by atoms with Gasteiger partial charge in [-0.1, -0.05) is 18.5 Å². The number of aromatic nitrogens is 2. The summed E-state index contributed by atoms with van der Waals surface area (Å²) < 4.78 is 38.0. The van der Waals surface area contributed by atoms with Crippen LogP contribution in [0.5, 0.6) is 0 Å². The second-order valence-electron chi connectivity index (χ2n) is 4.22. The Bertz CT molecular complexity index is 455. The maximum atomic E-state index is 12.7. The van der Waals surface area contributed by atoms with Crippen molar-refractivity contribution in [2.45, 2.75) is 24.8 Å². The summed E-state index contributed by atoms with van der Waals surface area (Å²) in [7, 11) is 0. The van der Waals surface area contributed by atoms with Crippen molar-refractivity contribution in [1.82, 2.24) is 9.97 Å². The number of alkyl halides is 3. The third kappa shape index (κ3) is 3.66. The molecule has 0 spiro atoms. The van der Waals surface area contributed by atoms with Gasteiger partial charge in [-0.2, -0.15) is 24.9 Å². The van der Waals surface area contributed by atoms with Crippen LogP contribution in [0.15, 0.2) is 6.07 Å². The van der Waals surface area contributed by atoms with Crippen LogP contribution >= 0.6 is 23.4 Å². The van der Waals surface area contributed by atoms with Crippen LogP contribution in [0.25, 0.3) is 0 Å². The Hall–Kier alpha value is -0.690. The molecule has 1 aromatic heterocycles. The van der Waals surface area contributed by atoms with Gasteiger partial charge in [-0.15, -0.1) is 0 Å². The molecule has 0 aromatic carbocycles. The first-order valence-electron chi connectivity index (χ1n) is 5.88. The number of hydrogen-bond donors (Lipinski definition) is 0. The van der Waals surface area contributed by atoms with Crippen LogP contribution in [0.2, 0.25) is 5.15 Å². The topological polar surface area (TPSA) is 29.0 Å². The maximum absolute atomic E-state index is 12.7. The highest BCUT2D eigenvalue weighted by Crippen LogP contribution is 2.31. The minimum Gasteiger partial charge on any atom is -0.355 e. The lowest BCUT2D eigenvalue weighted by Gasteiger charge is -2.32. The Labute approximate surface area is 118 Å². The van der Waals surface area contributed by atoms with Crippen LogP contribution < -0.4 is 4.90 Å². The molecule has 19 heavy (non-hydrogen) atoms. The second-order valence-corrected chi connectivity index (χ2v) is 6.01. The summed E-state index contributed by atoms with van der Waals surface area (Å²) in [5.41, 5.74) is 0. The van der Waals surface area contributed by atoms with Crippen LogP contribution in [-0.4, -0.2) is 34.1 Å². The van der Waals surface area contributed by atoms with E-state index in [0.717, 1.165) is 12.2 Å². The van der Waals surface area contributed by atoms with Gasteiger partial charge in [-0.05, 0) is 6.42 Å². The summed E-state index contributed by atoms with van der Waals surface area (Å²) in [5, 5.41) is 0.237. The Balaban J connectivity index is 2.26. The van der Waals surface area contributed by atoms with E-state index in [4.69, 9.17) is 11.6 Å². The Morgan fingerprint density at radius 1 is 1.47 bits per heavy atom. The molecule has 3 nitrogen and oxygen atoms in total. The lowest BCUT2D eigenvalue weighted by molar-refractivity contribution is -0.144. The summed E-state index contributed by atoms with van der Waals surface area (Å²) in [5.74, 6) is -0.0473. The number of thioether (sulfide) groups is 1. The van der Waals surface area contributed by atoms with Crippen LogP contribution in [0.1, 0.15) is 19.2 Å². The van der Waals surface area contributed by atoms with Crippen molar-refractivity contribution >= 4 is 29.2 Å². The van der Waals surface area contributed by atoms with Crippen molar-refractivity contribution in [3.8, 4) is 0 Å². The maximum Gasteiger partial charge on any atom is 0.451 e. The van der Waals surface area contributed by atoms with Crippen molar-refractivity contribution in [2.75, 3.05) is 23.7 Å². The average Bonchev–Trinajstić information content (AvgIpc) is 2.37. The first-order chi connectivity index (χ1) is 8.90. The van der Waals surface area contributed by atoms with E-state index in [1.54, 1.807) is 0 Å². The van der Waals surface area contributed by atoms with Gasteiger partial charge in [-0.25, -0.2) is 9.97 Å². The SMILES string of the molecule is CCC1CN(c2cc(Cl)nc(C(F)(F)F)n2)CCS1. The molecule has 2 rings (SSSR count). The predicted molar refractivity (Wildman–Crippen MR) is 70.8 cm³/mol. The van der Waals surface area contributed by atoms with Gasteiger partial charge in [0.25, 0.3) is 0 Å². The molecule has 2 heterocycles. The lowest BCUT2D eigenvalue weighted by atomic mass is 10.3. The quantitative estimate of drug-likeness (QED) is 0.782. The molecule has 0 N–H and O–H groups in total. The summed E-state index contributed by atoms with van der Waals surface area (Å²) in [6, 6.07) is 1.39. The zero-order valence-electron chi connectivity index (χ0n) is 10.2. The largest absolute Gasteiger partial charge is 0.451 e. The van der Waals surface area contributed by atoms with Gasteiger partial charge in [0.2, 0.25) is 5.82 Å². The van der Waals surface area contributed by atoms with E-state index in [0.29, 0.717) is 18.3 Å². The van der Waals surface area contributed by atoms with Crippen molar-refractivity contribution in [3.63, 3.8) is 0 Å². The third-order valence-electron chi connectivity index (χ3n) is 2.85. The molecule has 1 unspecified atom stereocenters. The zero-order valence-corrected chi connectivity index (χ0v) is 11.8. The normalized spacial score (nSPS) is 20.7.